The Bertz CT molecular complexity index is 928. The summed E-state index contributed by atoms with van der Waals surface area (Å²) < 4.78 is 5.12. The summed E-state index contributed by atoms with van der Waals surface area (Å²) in [5.74, 6) is -0.170. The molecule has 0 aliphatic carbocycles. The molecule has 0 fully saturated rings. The Morgan fingerprint density at radius 1 is 1.07 bits per heavy atom. The smallest absolute Gasteiger partial charge is 0.272 e. The monoisotopic (exact) mass is 423 g/mol. The summed E-state index contributed by atoms with van der Waals surface area (Å²) in [6.45, 7) is -0.113. The van der Waals surface area contributed by atoms with Crippen LogP contribution in [0.15, 0.2) is 47.4 Å². The summed E-state index contributed by atoms with van der Waals surface area (Å²) in [6.07, 6.45) is 0. The lowest BCUT2D eigenvalue weighted by atomic mass is 10.1. The fourth-order valence-electron chi connectivity index (χ4n) is 2.69. The fraction of sp³-hybridized carbons (Fsp3) is 0.158. The van der Waals surface area contributed by atoms with Gasteiger partial charge in [-0.3, -0.25) is 9.59 Å². The first-order valence-electron chi connectivity index (χ1n) is 7.94. The minimum Gasteiger partial charge on any atom is -0.495 e. The number of halogens is 2. The maximum atomic E-state index is 13.1. The van der Waals surface area contributed by atoms with Crippen LogP contribution in [0.3, 0.4) is 0 Å². The highest BCUT2D eigenvalue weighted by atomic mass is 35.5. The Balaban J connectivity index is 2.06. The quantitative estimate of drug-likeness (QED) is 0.710. The second-order valence-electron chi connectivity index (χ2n) is 5.55. The van der Waals surface area contributed by atoms with Crippen LogP contribution in [0.5, 0.6) is 5.75 Å². The molecule has 1 aliphatic heterocycles. The largest absolute Gasteiger partial charge is 0.495 e. The van der Waals surface area contributed by atoms with Crippen LogP contribution in [0, 0.1) is 0 Å². The Hall–Kier alpha value is -1.99. The number of hydrogen-bond acceptors (Lipinski definition) is 5. The molecule has 0 saturated carbocycles. The van der Waals surface area contributed by atoms with E-state index < -0.39 is 11.8 Å². The molecule has 27 heavy (non-hydrogen) atoms. The summed E-state index contributed by atoms with van der Waals surface area (Å²) in [4.78, 5) is 27.4. The highest BCUT2D eigenvalue weighted by molar-refractivity contribution is 8.04. The Kier molecular flexibility index (Phi) is 6.11. The van der Waals surface area contributed by atoms with E-state index in [1.165, 1.54) is 13.2 Å². The average Bonchev–Trinajstić information content (AvgIpc) is 2.90. The zero-order chi connectivity index (χ0) is 19.6. The number of carbonyl (C=O) groups is 2. The van der Waals surface area contributed by atoms with Gasteiger partial charge in [0.2, 0.25) is 0 Å². The van der Waals surface area contributed by atoms with Gasteiger partial charge in [-0.05, 0) is 35.9 Å². The normalized spacial score (nSPS) is 14.3. The van der Waals surface area contributed by atoms with E-state index in [0.717, 1.165) is 16.7 Å². The van der Waals surface area contributed by atoms with Gasteiger partial charge in [0.15, 0.2) is 0 Å². The maximum Gasteiger partial charge on any atom is 0.272 e. The molecule has 1 aliphatic rings. The number of thioether (sulfide) groups is 1. The number of nitrogens with zero attached hydrogens (tertiary/aromatic N) is 1. The van der Waals surface area contributed by atoms with Gasteiger partial charge in [0.25, 0.3) is 11.8 Å². The fourth-order valence-corrected chi connectivity index (χ4v) is 3.93. The Morgan fingerprint density at radius 3 is 2.37 bits per heavy atom. The molecule has 3 rings (SSSR count). The molecule has 2 amide bonds. The van der Waals surface area contributed by atoms with Gasteiger partial charge < -0.3 is 9.84 Å². The maximum absolute atomic E-state index is 13.1. The van der Waals surface area contributed by atoms with Crippen LogP contribution >= 0.6 is 35.0 Å². The lowest BCUT2D eigenvalue weighted by Crippen LogP contribution is -2.31. The van der Waals surface area contributed by atoms with E-state index in [1.54, 1.807) is 36.4 Å². The SMILES string of the molecule is COc1ccc(N2C(=O)C(SCCO)=C(c3ccc(Cl)cc3)C2=O)cc1Cl. The number of rotatable bonds is 6. The van der Waals surface area contributed by atoms with Gasteiger partial charge in [-0.15, -0.1) is 11.8 Å². The van der Waals surface area contributed by atoms with Crippen molar-refractivity contribution >= 4 is 58.0 Å². The summed E-state index contributed by atoms with van der Waals surface area (Å²) >= 11 is 13.2. The van der Waals surface area contributed by atoms with E-state index in [9.17, 15) is 9.59 Å². The van der Waals surface area contributed by atoms with E-state index >= 15 is 0 Å². The number of aliphatic hydroxyl groups is 1. The van der Waals surface area contributed by atoms with E-state index in [0.29, 0.717) is 32.8 Å². The molecule has 2 aromatic carbocycles. The van der Waals surface area contributed by atoms with Crippen molar-refractivity contribution in [2.45, 2.75) is 0 Å². The van der Waals surface area contributed by atoms with E-state index in [4.69, 9.17) is 33.0 Å². The highest BCUT2D eigenvalue weighted by Gasteiger charge is 2.40. The van der Waals surface area contributed by atoms with Crippen molar-refractivity contribution in [1.29, 1.82) is 0 Å². The lowest BCUT2D eigenvalue weighted by Gasteiger charge is -2.16. The van der Waals surface area contributed by atoms with Crippen LogP contribution in [0.2, 0.25) is 10.0 Å². The molecule has 0 bridgehead atoms. The number of amides is 2. The number of anilines is 1. The van der Waals surface area contributed by atoms with Gasteiger partial charge in [-0.2, -0.15) is 0 Å². The first-order chi connectivity index (χ1) is 13.0. The molecule has 0 unspecified atom stereocenters. The van der Waals surface area contributed by atoms with Gasteiger partial charge in [-0.1, -0.05) is 35.3 Å². The van der Waals surface area contributed by atoms with Crippen molar-refractivity contribution in [3.05, 3.63) is 63.0 Å². The van der Waals surface area contributed by atoms with Gasteiger partial charge in [-0.25, -0.2) is 4.90 Å². The molecule has 0 saturated heterocycles. The molecule has 8 heteroatoms. The topological polar surface area (TPSA) is 66.8 Å². The Labute approximate surface area is 170 Å². The predicted octanol–water partition coefficient (Wildman–Crippen LogP) is 4.01. The summed E-state index contributed by atoms with van der Waals surface area (Å²) in [7, 11) is 1.48. The number of imide groups is 1. The summed E-state index contributed by atoms with van der Waals surface area (Å²) in [5, 5.41) is 9.97. The van der Waals surface area contributed by atoms with Crippen LogP contribution < -0.4 is 9.64 Å². The zero-order valence-corrected chi connectivity index (χ0v) is 16.6. The highest BCUT2D eigenvalue weighted by Crippen LogP contribution is 2.40. The van der Waals surface area contributed by atoms with Crippen LogP contribution in [-0.2, 0) is 9.59 Å². The number of hydrogen-bond donors (Lipinski definition) is 1. The van der Waals surface area contributed by atoms with Crippen molar-refractivity contribution in [3.63, 3.8) is 0 Å². The molecule has 1 heterocycles. The molecule has 0 spiro atoms. The molecule has 0 radical (unpaired) electrons. The number of ether oxygens (including phenoxy) is 1. The van der Waals surface area contributed by atoms with Crippen LogP contribution in [0.1, 0.15) is 5.56 Å². The van der Waals surface area contributed by atoms with Crippen molar-refractivity contribution < 1.29 is 19.4 Å². The molecule has 5 nitrogen and oxygen atoms in total. The zero-order valence-electron chi connectivity index (χ0n) is 14.2. The molecule has 2 aromatic rings. The van der Waals surface area contributed by atoms with Crippen molar-refractivity contribution in [2.24, 2.45) is 0 Å². The number of carbonyl (C=O) groups excluding carboxylic acids is 2. The molecule has 0 aromatic heterocycles. The van der Waals surface area contributed by atoms with Gasteiger partial charge in [0, 0.05) is 10.8 Å². The third-order valence-corrected chi connectivity index (χ3v) is 5.51. The van der Waals surface area contributed by atoms with Gasteiger partial charge in [0.1, 0.15) is 5.75 Å². The van der Waals surface area contributed by atoms with E-state index in [-0.39, 0.29) is 17.1 Å². The van der Waals surface area contributed by atoms with Crippen LogP contribution in [0.25, 0.3) is 5.57 Å². The van der Waals surface area contributed by atoms with Crippen molar-refractivity contribution in [3.8, 4) is 5.75 Å². The molecular formula is C19H15Cl2NO4S. The van der Waals surface area contributed by atoms with Gasteiger partial charge in [0.05, 0.1) is 34.9 Å². The minimum absolute atomic E-state index is 0.113. The first kappa shape index (κ1) is 19.8. The third kappa shape index (κ3) is 3.84. The summed E-state index contributed by atoms with van der Waals surface area (Å²) in [6, 6.07) is 11.4. The standard InChI is InChI=1S/C19H15Cl2NO4S/c1-26-15-7-6-13(10-14(15)21)22-18(24)16(11-2-4-12(20)5-3-11)17(19(22)25)27-9-8-23/h2-7,10,23H,8-9H2,1H3. The second-order valence-corrected chi connectivity index (χ2v) is 7.50. The van der Waals surface area contributed by atoms with Crippen LogP contribution in [-0.4, -0.2) is 36.4 Å². The van der Waals surface area contributed by atoms with Crippen molar-refractivity contribution in [1.82, 2.24) is 0 Å². The van der Waals surface area contributed by atoms with E-state index in [2.05, 4.69) is 0 Å². The number of benzene rings is 2. The molecule has 0 atom stereocenters. The first-order valence-corrected chi connectivity index (χ1v) is 9.68. The second kappa shape index (κ2) is 8.35. The van der Waals surface area contributed by atoms with Crippen molar-refractivity contribution in [2.75, 3.05) is 24.4 Å². The van der Waals surface area contributed by atoms with Gasteiger partial charge >= 0.3 is 0 Å². The Morgan fingerprint density at radius 2 is 1.78 bits per heavy atom. The average molecular weight is 424 g/mol. The molecule has 140 valence electrons. The third-order valence-electron chi connectivity index (χ3n) is 3.91. The lowest BCUT2D eigenvalue weighted by molar-refractivity contribution is -0.119. The molecule has 1 N–H and O–H groups in total. The predicted molar refractivity (Wildman–Crippen MR) is 108 cm³/mol. The number of aliphatic hydroxyl groups excluding tert-OH is 1. The van der Waals surface area contributed by atoms with Crippen LogP contribution in [0.4, 0.5) is 5.69 Å². The summed E-state index contributed by atoms with van der Waals surface area (Å²) in [5.41, 5.74) is 1.21. The molecular weight excluding hydrogens is 409 g/mol. The minimum atomic E-state index is -0.455. The number of methoxy groups -OCH3 is 1. The van der Waals surface area contributed by atoms with E-state index in [1.807, 2.05) is 0 Å².